The number of aliphatic hydroxyl groups excluding tert-OH is 1. The number of nitrogens with one attached hydrogen (secondary N) is 1. The van der Waals surface area contributed by atoms with Gasteiger partial charge in [-0.05, 0) is 58.9 Å². The molecule has 1 aromatic heterocycles. The minimum Gasteiger partial charge on any atom is -0.497 e. The summed E-state index contributed by atoms with van der Waals surface area (Å²) in [6, 6.07) is 22.0. The van der Waals surface area contributed by atoms with Gasteiger partial charge in [0.25, 0.3) is 5.91 Å². The van der Waals surface area contributed by atoms with E-state index < -0.39 is 30.0 Å². The van der Waals surface area contributed by atoms with Crippen molar-refractivity contribution in [2.75, 3.05) is 19.1 Å². The van der Waals surface area contributed by atoms with Crippen LogP contribution in [0.3, 0.4) is 0 Å². The lowest BCUT2D eigenvalue weighted by Gasteiger charge is -2.33. The second-order valence-electron chi connectivity index (χ2n) is 11.7. The second kappa shape index (κ2) is 12.3. The number of carbonyl (C=O) groups is 2. The minimum absolute atomic E-state index is 0.111. The second-order valence-corrected chi connectivity index (χ2v) is 11.7. The number of benzene rings is 3. The Kier molecular flexibility index (Phi) is 8.50. The first-order chi connectivity index (χ1) is 20.6. The van der Waals surface area contributed by atoms with Crippen molar-refractivity contribution in [3.05, 3.63) is 119 Å². The van der Waals surface area contributed by atoms with Crippen LogP contribution in [0.4, 0.5) is 5.69 Å². The van der Waals surface area contributed by atoms with E-state index in [1.165, 1.54) is 19.1 Å². The number of amides is 2. The molecule has 0 aliphatic heterocycles. The van der Waals surface area contributed by atoms with Crippen molar-refractivity contribution in [3.63, 3.8) is 0 Å². The molecule has 43 heavy (non-hydrogen) atoms. The van der Waals surface area contributed by atoms with Gasteiger partial charge in [0.2, 0.25) is 5.91 Å². The van der Waals surface area contributed by atoms with Crippen LogP contribution in [0.2, 0.25) is 0 Å². The molecule has 2 amide bonds. The largest absolute Gasteiger partial charge is 0.497 e. The molecule has 3 atom stereocenters. The van der Waals surface area contributed by atoms with E-state index in [0.29, 0.717) is 29.2 Å². The summed E-state index contributed by atoms with van der Waals surface area (Å²) in [5.74, 6) is -0.0358. The van der Waals surface area contributed by atoms with Crippen LogP contribution in [0.5, 0.6) is 11.5 Å². The Morgan fingerprint density at radius 3 is 2.35 bits per heavy atom. The highest BCUT2D eigenvalue weighted by molar-refractivity contribution is 6.11. The van der Waals surface area contributed by atoms with Gasteiger partial charge >= 0.3 is 0 Å². The Labute approximate surface area is 252 Å². The third-order valence-corrected chi connectivity index (χ3v) is 7.90. The molecule has 0 spiro atoms. The number of ether oxygens (including phenoxy) is 2. The van der Waals surface area contributed by atoms with Crippen molar-refractivity contribution in [1.29, 1.82) is 0 Å². The third kappa shape index (κ3) is 6.10. The van der Waals surface area contributed by atoms with Crippen LogP contribution in [0.1, 0.15) is 65.5 Å². The maximum Gasteiger partial charge on any atom is 0.263 e. The van der Waals surface area contributed by atoms with E-state index in [1.54, 1.807) is 42.7 Å². The van der Waals surface area contributed by atoms with Gasteiger partial charge in [-0.3, -0.25) is 19.5 Å². The van der Waals surface area contributed by atoms with Gasteiger partial charge in [0.15, 0.2) is 0 Å². The normalized spacial score (nSPS) is 16.6. The molecule has 1 unspecified atom stereocenters. The van der Waals surface area contributed by atoms with E-state index in [4.69, 9.17) is 9.47 Å². The number of rotatable bonds is 8. The number of hydrogen-bond donors (Lipinski definition) is 2. The molecule has 8 heteroatoms. The van der Waals surface area contributed by atoms with Gasteiger partial charge in [-0.15, -0.1) is 0 Å². The van der Waals surface area contributed by atoms with Crippen LogP contribution < -0.4 is 19.7 Å². The minimum atomic E-state index is -1.11. The lowest BCUT2D eigenvalue weighted by atomic mass is 9.87. The Balaban J connectivity index is 1.61. The number of aromatic nitrogens is 1. The monoisotopic (exact) mass is 579 g/mol. The van der Waals surface area contributed by atoms with Gasteiger partial charge in [0, 0.05) is 29.7 Å². The van der Waals surface area contributed by atoms with Gasteiger partial charge in [-0.2, -0.15) is 0 Å². The van der Waals surface area contributed by atoms with Gasteiger partial charge in [-0.25, -0.2) is 0 Å². The highest BCUT2D eigenvalue weighted by atomic mass is 16.5. The zero-order chi connectivity index (χ0) is 30.7. The molecule has 0 saturated heterocycles. The van der Waals surface area contributed by atoms with Crippen LogP contribution in [0, 0.1) is 0 Å². The molecule has 5 rings (SSSR count). The molecule has 1 heterocycles. The van der Waals surface area contributed by atoms with E-state index in [-0.39, 0.29) is 11.0 Å². The number of carbonyl (C=O) groups excluding carboxylic acids is 2. The summed E-state index contributed by atoms with van der Waals surface area (Å²) in [5.41, 5.74) is 4.05. The molecule has 3 aromatic carbocycles. The molecule has 8 nitrogen and oxygen atoms in total. The summed E-state index contributed by atoms with van der Waals surface area (Å²) in [7, 11) is 3.02. The molecular weight excluding hydrogens is 542 g/mol. The summed E-state index contributed by atoms with van der Waals surface area (Å²) in [6.07, 6.45) is 2.81. The first-order valence-electron chi connectivity index (χ1n) is 14.2. The summed E-state index contributed by atoms with van der Waals surface area (Å²) < 4.78 is 10.9. The van der Waals surface area contributed by atoms with Gasteiger partial charge in [-0.1, -0.05) is 63.2 Å². The molecule has 1 aliphatic carbocycles. The highest BCUT2D eigenvalue weighted by Crippen LogP contribution is 2.36. The molecule has 0 saturated carbocycles. The molecular formula is C35H37N3O5. The van der Waals surface area contributed by atoms with Crippen LogP contribution >= 0.6 is 0 Å². The van der Waals surface area contributed by atoms with E-state index in [2.05, 4.69) is 31.1 Å². The molecule has 0 radical (unpaired) electrons. The topological polar surface area (TPSA) is 101 Å². The summed E-state index contributed by atoms with van der Waals surface area (Å²) in [6.45, 7) is 6.35. The number of hydrogen-bond acceptors (Lipinski definition) is 6. The molecule has 1 aliphatic rings. The molecule has 2 N–H and O–H groups in total. The fourth-order valence-electron chi connectivity index (χ4n) is 5.53. The highest BCUT2D eigenvalue weighted by Gasteiger charge is 2.39. The Hall–Kier alpha value is -4.69. The van der Waals surface area contributed by atoms with Crippen molar-refractivity contribution in [2.24, 2.45) is 0 Å². The van der Waals surface area contributed by atoms with Gasteiger partial charge in [0.05, 0.1) is 31.9 Å². The van der Waals surface area contributed by atoms with Crippen molar-refractivity contribution < 1.29 is 24.2 Å². The van der Waals surface area contributed by atoms with E-state index in [0.717, 1.165) is 16.7 Å². The summed E-state index contributed by atoms with van der Waals surface area (Å²) in [4.78, 5) is 34.6. The standard InChI is InChI=1S/C35H37N3O5/c1-35(2,3)24-12-14-25(15-13-24)38(34(41)28-17-16-26(42-4)20-30(28)43-5)31(23-10-8-18-36-21-23)33(40)37-29-19-22-9-6-7-11-27(22)32(29)39/h6-18,20-21,29,31-32,39H,19H2,1-5H3,(H,37,40)/t29-,31?,32+/m1/s1. The van der Waals surface area contributed by atoms with E-state index in [9.17, 15) is 14.7 Å². The predicted octanol–water partition coefficient (Wildman–Crippen LogP) is 5.56. The van der Waals surface area contributed by atoms with Crippen LogP contribution in [0.15, 0.2) is 91.3 Å². The Bertz CT molecular complexity index is 1600. The number of anilines is 1. The maximum absolute atomic E-state index is 14.6. The lowest BCUT2D eigenvalue weighted by molar-refractivity contribution is -0.124. The fourth-order valence-corrected chi connectivity index (χ4v) is 5.53. The zero-order valence-electron chi connectivity index (χ0n) is 25.1. The number of pyridine rings is 1. The predicted molar refractivity (Wildman–Crippen MR) is 166 cm³/mol. The third-order valence-electron chi connectivity index (χ3n) is 7.90. The number of fused-ring (bicyclic) bond motifs is 1. The average molecular weight is 580 g/mol. The molecule has 0 bridgehead atoms. The summed E-state index contributed by atoms with van der Waals surface area (Å²) in [5, 5.41) is 14.1. The summed E-state index contributed by atoms with van der Waals surface area (Å²) >= 11 is 0. The van der Waals surface area contributed by atoms with Crippen molar-refractivity contribution in [3.8, 4) is 11.5 Å². The van der Waals surface area contributed by atoms with Crippen molar-refractivity contribution in [2.45, 2.75) is 50.8 Å². The Morgan fingerprint density at radius 2 is 1.72 bits per heavy atom. The van der Waals surface area contributed by atoms with Gasteiger partial charge < -0.3 is 19.9 Å². The lowest BCUT2D eigenvalue weighted by Crippen LogP contribution is -2.48. The SMILES string of the molecule is COc1ccc(C(=O)N(c2ccc(C(C)(C)C)cc2)C(C(=O)N[C@@H]2Cc3ccccc3[C@@H]2O)c2cccnc2)c(OC)c1. The Morgan fingerprint density at radius 1 is 0.977 bits per heavy atom. The molecule has 0 fully saturated rings. The van der Waals surface area contributed by atoms with Crippen molar-refractivity contribution >= 4 is 17.5 Å². The van der Waals surface area contributed by atoms with E-state index >= 15 is 0 Å². The molecule has 4 aromatic rings. The molecule has 222 valence electrons. The maximum atomic E-state index is 14.6. The average Bonchev–Trinajstić information content (AvgIpc) is 3.33. The number of methoxy groups -OCH3 is 2. The van der Waals surface area contributed by atoms with Crippen molar-refractivity contribution in [1.82, 2.24) is 10.3 Å². The first-order valence-corrected chi connectivity index (χ1v) is 14.2. The smallest absolute Gasteiger partial charge is 0.263 e. The van der Waals surface area contributed by atoms with Gasteiger partial charge in [0.1, 0.15) is 17.5 Å². The fraction of sp³-hybridized carbons (Fsp3) is 0.286. The zero-order valence-corrected chi connectivity index (χ0v) is 25.1. The van der Waals surface area contributed by atoms with E-state index in [1.807, 2.05) is 48.5 Å². The van der Waals surface area contributed by atoms with Crippen LogP contribution in [-0.4, -0.2) is 42.2 Å². The van der Waals surface area contributed by atoms with Crippen LogP contribution in [-0.2, 0) is 16.6 Å². The number of nitrogens with zero attached hydrogens (tertiary/aromatic N) is 2. The quantitative estimate of drug-likeness (QED) is 0.284. The first kappa shape index (κ1) is 29.8. The number of aliphatic hydroxyl groups is 1. The van der Waals surface area contributed by atoms with Crippen LogP contribution in [0.25, 0.3) is 0 Å².